The van der Waals surface area contributed by atoms with Crippen molar-refractivity contribution in [2.75, 3.05) is 19.8 Å². The van der Waals surface area contributed by atoms with Crippen molar-refractivity contribution in [2.45, 2.75) is 58.3 Å². The molecular formula is C12H29NO5S. The molecule has 0 amide bonds. The molecule has 19 heavy (non-hydrogen) atoms. The number of unbranched alkanes of at least 4 members (excludes halogenated alkanes) is 7. The molecule has 0 aliphatic rings. The van der Waals surface area contributed by atoms with Crippen LogP contribution in [0.2, 0.25) is 0 Å². The molecule has 0 aliphatic carbocycles. The lowest BCUT2D eigenvalue weighted by molar-refractivity contribution is 0.0939. The quantitative estimate of drug-likeness (QED) is 0.319. The molecule has 0 atom stereocenters. The lowest BCUT2D eigenvalue weighted by Gasteiger charge is -2.07. The Morgan fingerprint density at radius 2 is 1.37 bits per heavy atom. The third-order valence-electron chi connectivity index (χ3n) is 2.60. The van der Waals surface area contributed by atoms with Crippen molar-refractivity contribution in [2.24, 2.45) is 0 Å². The molecule has 0 aliphatic heterocycles. The van der Waals surface area contributed by atoms with E-state index in [1.54, 1.807) is 0 Å². The molecule has 0 saturated carbocycles. The second-order valence-corrected chi connectivity index (χ2v) is 5.37. The average Bonchev–Trinajstić information content (AvgIpc) is 2.29. The maximum atomic E-state index is 10.1. The first-order valence-corrected chi connectivity index (χ1v) is 8.07. The fourth-order valence-corrected chi connectivity index (χ4v) is 1.91. The molecular weight excluding hydrogens is 270 g/mol. The van der Waals surface area contributed by atoms with Crippen LogP contribution in [0.1, 0.15) is 58.3 Å². The van der Waals surface area contributed by atoms with Gasteiger partial charge in [0, 0.05) is 6.61 Å². The van der Waals surface area contributed by atoms with Gasteiger partial charge in [-0.05, 0) is 6.42 Å². The van der Waals surface area contributed by atoms with Crippen molar-refractivity contribution < 1.29 is 21.9 Å². The van der Waals surface area contributed by atoms with Gasteiger partial charge in [-0.3, -0.25) is 4.18 Å². The van der Waals surface area contributed by atoms with Gasteiger partial charge < -0.3 is 15.4 Å². The summed E-state index contributed by atoms with van der Waals surface area (Å²) in [6.45, 7) is 2.76. The lowest BCUT2D eigenvalue weighted by atomic mass is 10.1. The molecule has 4 N–H and O–H groups in total. The minimum absolute atomic E-state index is 0. The normalized spacial score (nSPS) is 11.3. The van der Waals surface area contributed by atoms with Crippen LogP contribution < -0.4 is 6.15 Å². The van der Waals surface area contributed by atoms with E-state index >= 15 is 0 Å². The van der Waals surface area contributed by atoms with Crippen LogP contribution in [-0.2, 0) is 19.3 Å². The molecule has 0 bridgehead atoms. The third kappa shape index (κ3) is 20.3. The van der Waals surface area contributed by atoms with Crippen LogP contribution in [0.25, 0.3) is 0 Å². The highest BCUT2D eigenvalue weighted by Crippen LogP contribution is 2.08. The van der Waals surface area contributed by atoms with Gasteiger partial charge in [0.1, 0.15) is 0 Å². The van der Waals surface area contributed by atoms with Crippen LogP contribution in [0.4, 0.5) is 0 Å². The first-order chi connectivity index (χ1) is 8.56. The number of quaternary nitrogens is 1. The van der Waals surface area contributed by atoms with Gasteiger partial charge in [0.2, 0.25) is 10.4 Å². The predicted octanol–water partition coefficient (Wildman–Crippen LogP) is 3.00. The maximum absolute atomic E-state index is 10.1. The molecule has 118 valence electrons. The van der Waals surface area contributed by atoms with Crippen LogP contribution >= 0.6 is 0 Å². The summed E-state index contributed by atoms with van der Waals surface area (Å²) >= 11 is 0. The van der Waals surface area contributed by atoms with E-state index in [0.717, 1.165) is 12.8 Å². The molecule has 7 heteroatoms. The van der Waals surface area contributed by atoms with Gasteiger partial charge in [-0.1, -0.05) is 51.9 Å². The maximum Gasteiger partial charge on any atom is 0.217 e. The first-order valence-electron chi connectivity index (χ1n) is 6.74. The zero-order chi connectivity index (χ0) is 13.7. The summed E-state index contributed by atoms with van der Waals surface area (Å²) in [6, 6.07) is 0. The molecule has 6 nitrogen and oxygen atoms in total. The van der Waals surface area contributed by atoms with E-state index in [-0.39, 0.29) is 19.4 Å². The second kappa shape index (κ2) is 14.2. The third-order valence-corrected chi connectivity index (χ3v) is 3.05. The van der Waals surface area contributed by atoms with E-state index in [1.165, 1.54) is 38.5 Å². The van der Waals surface area contributed by atoms with E-state index in [4.69, 9.17) is 4.74 Å². The second-order valence-electron chi connectivity index (χ2n) is 4.32. The van der Waals surface area contributed by atoms with Crippen LogP contribution in [0, 0.1) is 0 Å². The fraction of sp³-hybridized carbons (Fsp3) is 1.00. The molecule has 0 aromatic rings. The van der Waals surface area contributed by atoms with E-state index < -0.39 is 10.4 Å². The van der Waals surface area contributed by atoms with Gasteiger partial charge in [0.05, 0.1) is 13.2 Å². The smallest absolute Gasteiger partial charge is 0.217 e. The molecule has 0 radical (unpaired) electrons. The van der Waals surface area contributed by atoms with Crippen molar-refractivity contribution in [1.29, 1.82) is 0 Å². The predicted molar refractivity (Wildman–Crippen MR) is 75.1 cm³/mol. The van der Waals surface area contributed by atoms with Crippen molar-refractivity contribution in [3.05, 3.63) is 0 Å². The van der Waals surface area contributed by atoms with Gasteiger partial charge in [-0.2, -0.15) is 0 Å². The van der Waals surface area contributed by atoms with E-state index in [1.807, 2.05) is 0 Å². The first kappa shape index (κ1) is 21.1. The van der Waals surface area contributed by atoms with E-state index in [0.29, 0.717) is 6.61 Å². The summed E-state index contributed by atoms with van der Waals surface area (Å²) in [5.41, 5.74) is 0. The zero-order valence-electron chi connectivity index (χ0n) is 12.2. The molecule has 0 spiro atoms. The molecule has 0 fully saturated rings. The Labute approximate surface area is 117 Å². The van der Waals surface area contributed by atoms with Crippen molar-refractivity contribution >= 4 is 10.4 Å². The molecule has 0 heterocycles. The van der Waals surface area contributed by atoms with Gasteiger partial charge >= 0.3 is 0 Å². The largest absolute Gasteiger partial charge is 0.726 e. The van der Waals surface area contributed by atoms with Crippen LogP contribution in [0.5, 0.6) is 0 Å². The Balaban J connectivity index is 0. The summed E-state index contributed by atoms with van der Waals surface area (Å²) in [7, 11) is -4.57. The van der Waals surface area contributed by atoms with E-state index in [9.17, 15) is 13.0 Å². The highest BCUT2D eigenvalue weighted by molar-refractivity contribution is 7.80. The minimum atomic E-state index is -4.57. The van der Waals surface area contributed by atoms with Crippen molar-refractivity contribution in [3.8, 4) is 0 Å². The Bertz CT molecular complexity index is 269. The number of hydrogen-bond donors (Lipinski definition) is 1. The highest BCUT2D eigenvalue weighted by Gasteiger charge is 1.95. The Kier molecular flexibility index (Phi) is 15.8. The van der Waals surface area contributed by atoms with Crippen LogP contribution in [0.15, 0.2) is 0 Å². The summed E-state index contributed by atoms with van der Waals surface area (Å²) < 4.78 is 39.4. The summed E-state index contributed by atoms with van der Waals surface area (Å²) in [4.78, 5) is 0. The summed E-state index contributed by atoms with van der Waals surface area (Å²) in [6.07, 6.45) is 9.83. The molecule has 0 rings (SSSR count). The van der Waals surface area contributed by atoms with E-state index in [2.05, 4.69) is 11.1 Å². The Hall–Kier alpha value is -0.210. The monoisotopic (exact) mass is 299 g/mol. The molecule has 0 saturated heterocycles. The Morgan fingerprint density at radius 3 is 1.89 bits per heavy atom. The molecule has 0 unspecified atom stereocenters. The topological polar surface area (TPSA) is 112 Å². The van der Waals surface area contributed by atoms with Crippen molar-refractivity contribution in [3.63, 3.8) is 0 Å². The zero-order valence-corrected chi connectivity index (χ0v) is 13.0. The van der Waals surface area contributed by atoms with Crippen LogP contribution in [-0.4, -0.2) is 32.8 Å². The van der Waals surface area contributed by atoms with Gasteiger partial charge in [0.25, 0.3) is 0 Å². The summed E-state index contributed by atoms with van der Waals surface area (Å²) in [5, 5.41) is 0. The standard InChI is InChI=1S/C12H26O5S.H3N/c1-2-3-4-5-6-7-8-9-10-16-11-12-17-18(13,14)15;/h2-12H2,1H3,(H,13,14,15);1H3. The average molecular weight is 299 g/mol. The fourth-order valence-electron chi connectivity index (χ4n) is 1.64. The van der Waals surface area contributed by atoms with Crippen molar-refractivity contribution in [1.82, 2.24) is 6.15 Å². The SMILES string of the molecule is CCCCCCCCCCOCCOS(=O)(=O)[O-].[NH4+]. The number of rotatable bonds is 13. The Morgan fingerprint density at radius 1 is 0.842 bits per heavy atom. The molecule has 0 aromatic heterocycles. The van der Waals surface area contributed by atoms with Gasteiger partial charge in [-0.15, -0.1) is 0 Å². The lowest BCUT2D eigenvalue weighted by Crippen LogP contribution is -2.10. The summed E-state index contributed by atoms with van der Waals surface area (Å²) in [5.74, 6) is 0. The van der Waals surface area contributed by atoms with Gasteiger partial charge in [-0.25, -0.2) is 8.42 Å². The number of hydrogen-bond acceptors (Lipinski definition) is 5. The molecule has 0 aromatic carbocycles. The van der Waals surface area contributed by atoms with Crippen LogP contribution in [0.3, 0.4) is 0 Å². The minimum Gasteiger partial charge on any atom is -0.726 e. The highest BCUT2D eigenvalue weighted by atomic mass is 32.3. The van der Waals surface area contributed by atoms with Gasteiger partial charge in [0.15, 0.2) is 0 Å². The number of ether oxygens (including phenoxy) is 1.